The first-order chi connectivity index (χ1) is 14.8. The van der Waals surface area contributed by atoms with Crippen LogP contribution < -0.4 is 9.47 Å². The fourth-order valence-corrected chi connectivity index (χ4v) is 3.12. The number of esters is 1. The first-order valence-corrected chi connectivity index (χ1v) is 9.62. The molecule has 3 nitrogen and oxygen atoms in total. The number of halogens is 2. The summed E-state index contributed by atoms with van der Waals surface area (Å²) in [4.78, 5) is 11.6. The SMILES string of the molecule is C=C(C)C(=O)Oc1ccc(-c2ccc(-c3ccc(OC)cc3F)c(/C=C\C)c2)c(F)c1. The molecule has 0 spiro atoms. The number of carbonyl (C=O) groups is 1. The van der Waals surface area contributed by atoms with Gasteiger partial charge in [0.2, 0.25) is 0 Å². The fourth-order valence-electron chi connectivity index (χ4n) is 3.12. The predicted molar refractivity (Wildman–Crippen MR) is 119 cm³/mol. The molecule has 0 bridgehead atoms. The Morgan fingerprint density at radius 1 is 0.903 bits per heavy atom. The third-order valence-corrected chi connectivity index (χ3v) is 4.67. The van der Waals surface area contributed by atoms with Crippen LogP contribution in [-0.2, 0) is 4.79 Å². The molecule has 0 radical (unpaired) electrons. The summed E-state index contributed by atoms with van der Waals surface area (Å²) in [7, 11) is 1.48. The Bertz CT molecular complexity index is 1180. The molecule has 0 heterocycles. The quantitative estimate of drug-likeness (QED) is 0.249. The number of benzene rings is 3. The lowest BCUT2D eigenvalue weighted by Crippen LogP contribution is -2.08. The van der Waals surface area contributed by atoms with E-state index in [0.29, 0.717) is 28.0 Å². The van der Waals surface area contributed by atoms with Crippen LogP contribution in [0.1, 0.15) is 19.4 Å². The summed E-state index contributed by atoms with van der Waals surface area (Å²) in [6.07, 6.45) is 3.67. The maximum Gasteiger partial charge on any atom is 0.338 e. The maximum absolute atomic E-state index is 14.8. The molecule has 3 rings (SSSR count). The molecular weight excluding hydrogens is 398 g/mol. The Hall–Kier alpha value is -3.73. The maximum atomic E-state index is 14.8. The molecule has 0 unspecified atom stereocenters. The van der Waals surface area contributed by atoms with E-state index in [0.717, 1.165) is 11.6 Å². The molecule has 158 valence electrons. The predicted octanol–water partition coefficient (Wildman–Crippen LogP) is 6.82. The topological polar surface area (TPSA) is 35.5 Å². The fraction of sp³-hybridized carbons (Fsp3) is 0.115. The zero-order valence-corrected chi connectivity index (χ0v) is 17.5. The normalized spacial score (nSPS) is 10.9. The van der Waals surface area contributed by atoms with Gasteiger partial charge in [0.25, 0.3) is 0 Å². The van der Waals surface area contributed by atoms with Crippen molar-refractivity contribution in [1.29, 1.82) is 0 Å². The molecular formula is C26H22F2O3. The van der Waals surface area contributed by atoms with Gasteiger partial charge in [0.15, 0.2) is 0 Å². The number of hydrogen-bond acceptors (Lipinski definition) is 3. The molecule has 31 heavy (non-hydrogen) atoms. The number of rotatable bonds is 6. The second-order valence-electron chi connectivity index (χ2n) is 6.96. The summed E-state index contributed by atoms with van der Waals surface area (Å²) >= 11 is 0. The number of carbonyl (C=O) groups excluding carboxylic acids is 1. The molecule has 0 aromatic heterocycles. The largest absolute Gasteiger partial charge is 0.497 e. The summed E-state index contributed by atoms with van der Waals surface area (Å²) in [5, 5.41) is 0. The molecule has 0 aliphatic heterocycles. The average molecular weight is 420 g/mol. The van der Waals surface area contributed by atoms with E-state index in [1.165, 1.54) is 26.2 Å². The summed E-state index contributed by atoms with van der Waals surface area (Å²) in [5.74, 6) is -1.04. The lowest BCUT2D eigenvalue weighted by atomic mass is 9.94. The summed E-state index contributed by atoms with van der Waals surface area (Å²) < 4.78 is 39.5. The zero-order chi connectivity index (χ0) is 22.5. The molecule has 0 amide bonds. The van der Waals surface area contributed by atoms with Crippen LogP contribution in [-0.4, -0.2) is 13.1 Å². The monoisotopic (exact) mass is 420 g/mol. The van der Waals surface area contributed by atoms with Gasteiger partial charge in [0, 0.05) is 28.8 Å². The minimum atomic E-state index is -0.617. The van der Waals surface area contributed by atoms with Crippen molar-refractivity contribution in [3.05, 3.63) is 90.0 Å². The minimum Gasteiger partial charge on any atom is -0.497 e. The molecule has 0 fully saturated rings. The molecule has 0 saturated heterocycles. The molecule has 3 aromatic rings. The Balaban J connectivity index is 2.01. The van der Waals surface area contributed by atoms with Crippen LogP contribution in [0.5, 0.6) is 11.5 Å². The lowest BCUT2D eigenvalue weighted by molar-refractivity contribution is -0.130. The van der Waals surface area contributed by atoms with Gasteiger partial charge in [-0.1, -0.05) is 30.9 Å². The molecule has 0 N–H and O–H groups in total. The van der Waals surface area contributed by atoms with Gasteiger partial charge in [-0.2, -0.15) is 0 Å². The number of allylic oxidation sites excluding steroid dienone is 1. The second-order valence-corrected chi connectivity index (χ2v) is 6.96. The average Bonchev–Trinajstić information content (AvgIpc) is 2.74. The van der Waals surface area contributed by atoms with E-state index < -0.39 is 17.6 Å². The highest BCUT2D eigenvalue weighted by Gasteiger charge is 2.14. The highest BCUT2D eigenvalue weighted by atomic mass is 19.1. The molecule has 0 aliphatic rings. The van der Waals surface area contributed by atoms with E-state index in [-0.39, 0.29) is 11.3 Å². The Morgan fingerprint density at radius 3 is 2.13 bits per heavy atom. The van der Waals surface area contributed by atoms with Crippen LogP contribution >= 0.6 is 0 Å². The number of methoxy groups -OCH3 is 1. The van der Waals surface area contributed by atoms with Crippen LogP contribution in [0.2, 0.25) is 0 Å². The van der Waals surface area contributed by atoms with Gasteiger partial charge >= 0.3 is 5.97 Å². The van der Waals surface area contributed by atoms with Crippen molar-refractivity contribution in [3.63, 3.8) is 0 Å². The van der Waals surface area contributed by atoms with Crippen molar-refractivity contribution in [2.24, 2.45) is 0 Å². The van der Waals surface area contributed by atoms with Crippen LogP contribution in [0.4, 0.5) is 8.78 Å². The van der Waals surface area contributed by atoms with Crippen molar-refractivity contribution in [1.82, 2.24) is 0 Å². The van der Waals surface area contributed by atoms with Gasteiger partial charge in [-0.25, -0.2) is 13.6 Å². The van der Waals surface area contributed by atoms with E-state index in [9.17, 15) is 13.6 Å². The summed E-state index contributed by atoms with van der Waals surface area (Å²) in [6.45, 7) is 6.88. The van der Waals surface area contributed by atoms with Gasteiger partial charge < -0.3 is 9.47 Å². The van der Waals surface area contributed by atoms with Gasteiger partial charge in [-0.15, -0.1) is 0 Å². The summed E-state index contributed by atoms with van der Waals surface area (Å²) in [6, 6.07) is 14.2. The third kappa shape index (κ3) is 4.89. The van der Waals surface area contributed by atoms with E-state index in [2.05, 4.69) is 6.58 Å². The van der Waals surface area contributed by atoms with E-state index >= 15 is 0 Å². The second kappa shape index (κ2) is 9.39. The third-order valence-electron chi connectivity index (χ3n) is 4.67. The van der Waals surface area contributed by atoms with Crippen molar-refractivity contribution < 1.29 is 23.0 Å². The van der Waals surface area contributed by atoms with Crippen molar-refractivity contribution in [2.75, 3.05) is 7.11 Å². The highest BCUT2D eigenvalue weighted by Crippen LogP contribution is 2.34. The van der Waals surface area contributed by atoms with Crippen LogP contribution in [0.25, 0.3) is 28.3 Å². The molecule has 5 heteroatoms. The smallest absolute Gasteiger partial charge is 0.338 e. The van der Waals surface area contributed by atoms with Gasteiger partial charge in [0.05, 0.1) is 7.11 Å². The highest BCUT2D eigenvalue weighted by molar-refractivity contribution is 5.89. The summed E-state index contributed by atoms with van der Waals surface area (Å²) in [5.41, 5.74) is 3.00. The van der Waals surface area contributed by atoms with E-state index in [4.69, 9.17) is 9.47 Å². The van der Waals surface area contributed by atoms with Crippen molar-refractivity contribution in [3.8, 4) is 33.8 Å². The Labute approximate surface area is 180 Å². The Morgan fingerprint density at radius 2 is 1.52 bits per heavy atom. The van der Waals surface area contributed by atoms with Crippen molar-refractivity contribution >= 4 is 12.0 Å². The molecule has 0 aliphatic carbocycles. The van der Waals surface area contributed by atoms with Crippen molar-refractivity contribution in [2.45, 2.75) is 13.8 Å². The molecule has 0 atom stereocenters. The van der Waals surface area contributed by atoms with Gasteiger partial charge in [-0.3, -0.25) is 0 Å². The first kappa shape index (κ1) is 22.0. The zero-order valence-electron chi connectivity index (χ0n) is 17.5. The first-order valence-electron chi connectivity index (χ1n) is 9.62. The molecule has 0 saturated carbocycles. The molecule has 3 aromatic carbocycles. The van der Waals surface area contributed by atoms with Gasteiger partial charge in [0.1, 0.15) is 23.1 Å². The number of hydrogen-bond donors (Lipinski definition) is 0. The van der Waals surface area contributed by atoms with E-state index in [1.54, 1.807) is 36.4 Å². The van der Waals surface area contributed by atoms with Crippen LogP contribution in [0.15, 0.2) is 72.8 Å². The van der Waals surface area contributed by atoms with E-state index in [1.807, 2.05) is 19.1 Å². The lowest BCUT2D eigenvalue weighted by Gasteiger charge is -2.13. The standard InChI is InChI=1S/C26H22F2O3/c1-5-6-17-13-18(7-10-21(17)23-12-8-19(30-4)14-25(23)28)22-11-9-20(15-24(22)27)31-26(29)16(2)3/h5-15H,2H2,1,3-4H3/b6-5-. The van der Waals surface area contributed by atoms with Gasteiger partial charge in [-0.05, 0) is 60.9 Å². The van der Waals surface area contributed by atoms with Crippen LogP contribution in [0.3, 0.4) is 0 Å². The van der Waals surface area contributed by atoms with Crippen LogP contribution in [0, 0.1) is 11.6 Å². The minimum absolute atomic E-state index is 0.0971. The Kier molecular flexibility index (Phi) is 6.65. The number of ether oxygens (including phenoxy) is 2.